The Hall–Kier alpha value is -3.33. The maximum atomic E-state index is 12.6. The second kappa shape index (κ2) is 11.5. The first kappa shape index (κ1) is 24.3. The van der Waals surface area contributed by atoms with Crippen molar-refractivity contribution in [3.05, 3.63) is 59.3 Å². The average Bonchev–Trinajstić information content (AvgIpc) is 3.33. The highest BCUT2D eigenvalue weighted by Crippen LogP contribution is 2.20. The van der Waals surface area contributed by atoms with Gasteiger partial charge >= 0.3 is 6.03 Å². The summed E-state index contributed by atoms with van der Waals surface area (Å²) >= 11 is 1.35. The zero-order valence-electron chi connectivity index (χ0n) is 19.1. The van der Waals surface area contributed by atoms with E-state index in [4.69, 9.17) is 0 Å². The summed E-state index contributed by atoms with van der Waals surface area (Å²) in [6.07, 6.45) is 1.61. The molecule has 1 aromatic carbocycles. The first-order chi connectivity index (χ1) is 15.9. The number of hydrogen-bond acceptors (Lipinski definition) is 5. The van der Waals surface area contributed by atoms with Crippen LogP contribution in [-0.4, -0.2) is 73.0 Å². The molecule has 0 spiro atoms. The molecule has 2 N–H and O–H groups in total. The van der Waals surface area contributed by atoms with Crippen LogP contribution < -0.4 is 15.5 Å². The second-order valence-corrected chi connectivity index (χ2v) is 9.07. The number of hydrogen-bond donors (Lipinski definition) is 2. The SMILES string of the molecule is C=CCN(CC(=O)Nc1ccc(N2CCN(C(=O)NC(C)C)CC2)cc1)C(=O)c1cccs1. The van der Waals surface area contributed by atoms with E-state index in [1.807, 2.05) is 54.5 Å². The molecule has 0 unspecified atom stereocenters. The molecule has 176 valence electrons. The van der Waals surface area contributed by atoms with E-state index in [9.17, 15) is 14.4 Å². The molecule has 0 atom stereocenters. The van der Waals surface area contributed by atoms with E-state index in [1.165, 1.54) is 16.2 Å². The lowest BCUT2D eigenvalue weighted by molar-refractivity contribution is -0.116. The van der Waals surface area contributed by atoms with E-state index in [1.54, 1.807) is 12.1 Å². The van der Waals surface area contributed by atoms with Gasteiger partial charge in [-0.3, -0.25) is 9.59 Å². The summed E-state index contributed by atoms with van der Waals surface area (Å²) in [6.45, 7) is 10.7. The molecular formula is C24H31N5O3S. The summed E-state index contributed by atoms with van der Waals surface area (Å²) < 4.78 is 0. The van der Waals surface area contributed by atoms with Gasteiger partial charge in [0.2, 0.25) is 5.91 Å². The summed E-state index contributed by atoms with van der Waals surface area (Å²) in [4.78, 5) is 43.4. The number of anilines is 2. The highest BCUT2D eigenvalue weighted by Gasteiger charge is 2.22. The predicted octanol–water partition coefficient (Wildman–Crippen LogP) is 3.26. The molecule has 4 amide bonds. The number of carbonyl (C=O) groups is 3. The van der Waals surface area contributed by atoms with E-state index in [0.717, 1.165) is 18.8 Å². The van der Waals surface area contributed by atoms with Gasteiger partial charge in [-0.25, -0.2) is 4.79 Å². The predicted molar refractivity (Wildman–Crippen MR) is 133 cm³/mol. The van der Waals surface area contributed by atoms with E-state index >= 15 is 0 Å². The first-order valence-electron chi connectivity index (χ1n) is 11.0. The van der Waals surface area contributed by atoms with Gasteiger partial charge in [-0.05, 0) is 49.6 Å². The smallest absolute Gasteiger partial charge is 0.317 e. The zero-order chi connectivity index (χ0) is 23.8. The Morgan fingerprint density at radius 1 is 1.12 bits per heavy atom. The van der Waals surface area contributed by atoms with Gasteiger partial charge in [0.25, 0.3) is 5.91 Å². The number of nitrogens with one attached hydrogen (secondary N) is 2. The molecule has 2 heterocycles. The normalized spacial score (nSPS) is 13.5. The van der Waals surface area contributed by atoms with Gasteiger partial charge in [0.05, 0.1) is 4.88 Å². The standard InChI is InChI=1S/C24H31N5O3S/c1-4-11-29(23(31)21-6-5-16-33-21)17-22(30)26-19-7-9-20(10-8-19)27-12-14-28(15-13-27)24(32)25-18(2)3/h4-10,16,18H,1,11-15,17H2,2-3H3,(H,25,32)(H,26,30). The molecule has 0 aliphatic carbocycles. The lowest BCUT2D eigenvalue weighted by atomic mass is 10.2. The van der Waals surface area contributed by atoms with E-state index in [0.29, 0.717) is 30.2 Å². The quantitative estimate of drug-likeness (QED) is 0.581. The molecule has 1 aromatic heterocycles. The van der Waals surface area contributed by atoms with Crippen LogP contribution in [0.15, 0.2) is 54.4 Å². The van der Waals surface area contributed by atoms with Crippen molar-refractivity contribution in [1.29, 1.82) is 0 Å². The summed E-state index contributed by atoms with van der Waals surface area (Å²) in [7, 11) is 0. The van der Waals surface area contributed by atoms with E-state index < -0.39 is 0 Å². The minimum Gasteiger partial charge on any atom is -0.368 e. The largest absolute Gasteiger partial charge is 0.368 e. The van der Waals surface area contributed by atoms with Gasteiger partial charge in [-0.15, -0.1) is 17.9 Å². The summed E-state index contributed by atoms with van der Waals surface area (Å²) in [5.41, 5.74) is 1.71. The summed E-state index contributed by atoms with van der Waals surface area (Å²) in [5, 5.41) is 7.62. The Labute approximate surface area is 198 Å². The van der Waals surface area contributed by atoms with Crippen LogP contribution >= 0.6 is 11.3 Å². The number of nitrogens with zero attached hydrogens (tertiary/aromatic N) is 3. The van der Waals surface area contributed by atoms with Gasteiger partial charge in [0.15, 0.2) is 0 Å². The maximum absolute atomic E-state index is 12.6. The van der Waals surface area contributed by atoms with Crippen LogP contribution in [0.5, 0.6) is 0 Å². The average molecular weight is 470 g/mol. The molecule has 9 heteroatoms. The fraction of sp³-hybridized carbons (Fsp3) is 0.375. The van der Waals surface area contributed by atoms with Gasteiger partial charge in [-0.1, -0.05) is 12.1 Å². The van der Waals surface area contributed by atoms with Crippen molar-refractivity contribution in [2.24, 2.45) is 0 Å². The summed E-state index contributed by atoms with van der Waals surface area (Å²) in [5.74, 6) is -0.448. The number of amides is 4. The van der Waals surface area contributed by atoms with Crippen LogP contribution in [-0.2, 0) is 4.79 Å². The topological polar surface area (TPSA) is 85.0 Å². The third kappa shape index (κ3) is 6.82. The van der Waals surface area contributed by atoms with Crippen LogP contribution in [0.4, 0.5) is 16.2 Å². The Morgan fingerprint density at radius 3 is 2.39 bits per heavy atom. The lowest BCUT2D eigenvalue weighted by Crippen LogP contribution is -2.52. The van der Waals surface area contributed by atoms with Gasteiger partial charge < -0.3 is 25.3 Å². The second-order valence-electron chi connectivity index (χ2n) is 8.12. The zero-order valence-corrected chi connectivity index (χ0v) is 19.9. The number of benzene rings is 1. The Morgan fingerprint density at radius 2 is 1.82 bits per heavy atom. The molecule has 1 fully saturated rings. The molecule has 3 rings (SSSR count). The van der Waals surface area contributed by atoms with Crippen molar-refractivity contribution < 1.29 is 14.4 Å². The molecule has 33 heavy (non-hydrogen) atoms. The minimum atomic E-state index is -0.265. The van der Waals surface area contributed by atoms with Crippen LogP contribution in [0, 0.1) is 0 Å². The third-order valence-electron chi connectivity index (χ3n) is 5.20. The number of thiophene rings is 1. The molecule has 0 radical (unpaired) electrons. The van der Waals surface area contributed by atoms with Crippen LogP contribution in [0.1, 0.15) is 23.5 Å². The third-order valence-corrected chi connectivity index (χ3v) is 6.06. The molecule has 8 nitrogen and oxygen atoms in total. The number of carbonyl (C=O) groups excluding carboxylic acids is 3. The highest BCUT2D eigenvalue weighted by molar-refractivity contribution is 7.12. The van der Waals surface area contributed by atoms with E-state index in [2.05, 4.69) is 22.1 Å². The van der Waals surface area contributed by atoms with E-state index in [-0.39, 0.29) is 30.4 Å². The van der Waals surface area contributed by atoms with Crippen molar-refractivity contribution in [3.8, 4) is 0 Å². The van der Waals surface area contributed by atoms with Crippen LogP contribution in [0.2, 0.25) is 0 Å². The monoisotopic (exact) mass is 469 g/mol. The summed E-state index contributed by atoms with van der Waals surface area (Å²) in [6, 6.07) is 11.3. The minimum absolute atomic E-state index is 0.0224. The molecule has 0 saturated carbocycles. The fourth-order valence-corrected chi connectivity index (χ4v) is 4.26. The van der Waals surface area contributed by atoms with Crippen molar-refractivity contribution in [1.82, 2.24) is 15.1 Å². The van der Waals surface area contributed by atoms with Crippen LogP contribution in [0.25, 0.3) is 0 Å². The molecule has 1 aliphatic heterocycles. The molecule has 0 bridgehead atoms. The number of rotatable bonds is 8. The van der Waals surface area contributed by atoms with Crippen molar-refractivity contribution >= 4 is 40.6 Å². The van der Waals surface area contributed by atoms with Crippen molar-refractivity contribution in [3.63, 3.8) is 0 Å². The van der Waals surface area contributed by atoms with Crippen molar-refractivity contribution in [2.45, 2.75) is 19.9 Å². The van der Waals surface area contributed by atoms with Gasteiger partial charge in [0.1, 0.15) is 6.54 Å². The van der Waals surface area contributed by atoms with Crippen LogP contribution in [0.3, 0.4) is 0 Å². The molecule has 1 aliphatic rings. The number of urea groups is 1. The maximum Gasteiger partial charge on any atom is 0.317 e. The van der Waals surface area contributed by atoms with Crippen molar-refractivity contribution in [2.75, 3.05) is 49.5 Å². The van der Waals surface area contributed by atoms with Gasteiger partial charge in [0, 0.05) is 50.1 Å². The lowest BCUT2D eigenvalue weighted by Gasteiger charge is -2.36. The Kier molecular flexibility index (Phi) is 8.48. The molecular weight excluding hydrogens is 438 g/mol. The van der Waals surface area contributed by atoms with Gasteiger partial charge in [-0.2, -0.15) is 0 Å². The first-order valence-corrected chi connectivity index (χ1v) is 11.9. The highest BCUT2D eigenvalue weighted by atomic mass is 32.1. The number of piperazine rings is 1. The fourth-order valence-electron chi connectivity index (χ4n) is 3.57. The Balaban J connectivity index is 1.52. The molecule has 1 saturated heterocycles. The molecule has 2 aromatic rings. The Bertz CT molecular complexity index is 951.